The summed E-state index contributed by atoms with van der Waals surface area (Å²) >= 11 is 0. The van der Waals surface area contributed by atoms with Crippen LogP contribution in [0.1, 0.15) is 58.8 Å². The molecule has 0 bridgehead atoms. The Morgan fingerprint density at radius 1 is 1.30 bits per heavy atom. The van der Waals surface area contributed by atoms with Gasteiger partial charge in [0.1, 0.15) is 0 Å². The maximum Gasteiger partial charge on any atom is 0.248 e. The molecule has 1 rings (SSSR count). The Morgan fingerprint density at radius 2 is 1.87 bits per heavy atom. The molecule has 0 aromatic heterocycles. The molecule has 0 aliphatic heterocycles. The van der Waals surface area contributed by atoms with Crippen molar-refractivity contribution in [1.29, 1.82) is 0 Å². The third-order valence-corrected chi connectivity index (χ3v) is 4.84. The Balaban J connectivity index is 2.48. The smallest absolute Gasteiger partial charge is 0.248 e. The zero-order valence-electron chi connectivity index (χ0n) is 14.5. The minimum atomic E-state index is -2.54. The van der Waals surface area contributed by atoms with Crippen molar-refractivity contribution in [1.82, 2.24) is 5.32 Å². The number of nitrogens with one attached hydrogen (secondary N) is 1. The molecule has 1 amide bonds. The van der Waals surface area contributed by atoms with E-state index in [1.165, 1.54) is 0 Å². The third-order valence-electron chi connectivity index (χ3n) is 4.84. The molecule has 0 aromatic carbocycles. The van der Waals surface area contributed by atoms with Crippen LogP contribution in [0.25, 0.3) is 0 Å². The number of hydrogen-bond acceptors (Lipinski definition) is 3. The van der Waals surface area contributed by atoms with E-state index in [0.717, 1.165) is 0 Å². The standard InChI is InChI=1S/C17H32F2N2O2/c1-11(2)8-13(16(23)21-3)10-15(22)14(20)9-12-4-6-17(18,19)7-5-12/h11-15,22H,4-10,20H2,1-3H3,(H,21,23)/t13-,14+,15+/m1/s1. The normalized spacial score (nSPS) is 22.6. The number of carbonyl (C=O) groups excluding carboxylic acids is 1. The van der Waals surface area contributed by atoms with Gasteiger partial charge in [0.05, 0.1) is 6.10 Å². The Morgan fingerprint density at radius 3 is 2.35 bits per heavy atom. The SMILES string of the molecule is CNC(=O)[C@H](CC(C)C)C[C@H](O)[C@@H](N)CC1CCC(F)(F)CC1. The first-order valence-corrected chi connectivity index (χ1v) is 8.67. The largest absolute Gasteiger partial charge is 0.391 e. The first-order valence-electron chi connectivity index (χ1n) is 8.67. The molecule has 4 N–H and O–H groups in total. The Bertz CT molecular complexity index is 368. The van der Waals surface area contributed by atoms with Crippen molar-refractivity contribution in [2.24, 2.45) is 23.5 Å². The van der Waals surface area contributed by atoms with Gasteiger partial charge in [-0.05, 0) is 43.9 Å². The fourth-order valence-corrected chi connectivity index (χ4v) is 3.43. The number of carbonyl (C=O) groups is 1. The van der Waals surface area contributed by atoms with Crippen molar-refractivity contribution >= 4 is 5.91 Å². The molecule has 0 aromatic rings. The van der Waals surface area contributed by atoms with Gasteiger partial charge in [-0.2, -0.15) is 0 Å². The maximum atomic E-state index is 13.2. The minimum Gasteiger partial charge on any atom is -0.391 e. The Hall–Kier alpha value is -0.750. The van der Waals surface area contributed by atoms with Gasteiger partial charge >= 0.3 is 0 Å². The number of alkyl halides is 2. The summed E-state index contributed by atoms with van der Waals surface area (Å²) in [6, 6.07) is -0.467. The maximum absolute atomic E-state index is 13.2. The lowest BCUT2D eigenvalue weighted by Crippen LogP contribution is -2.41. The molecule has 6 heteroatoms. The molecule has 0 radical (unpaired) electrons. The van der Waals surface area contributed by atoms with Crippen LogP contribution in [0.5, 0.6) is 0 Å². The molecule has 0 unspecified atom stereocenters. The number of aliphatic hydroxyl groups is 1. The average Bonchev–Trinajstić information content (AvgIpc) is 2.47. The van der Waals surface area contributed by atoms with E-state index in [9.17, 15) is 18.7 Å². The first-order chi connectivity index (χ1) is 10.6. The third kappa shape index (κ3) is 7.12. The van der Waals surface area contributed by atoms with E-state index in [0.29, 0.717) is 38.0 Å². The molecular weight excluding hydrogens is 302 g/mol. The molecule has 23 heavy (non-hydrogen) atoms. The van der Waals surface area contributed by atoms with E-state index < -0.39 is 18.1 Å². The predicted octanol–water partition coefficient (Wildman–Crippen LogP) is 2.69. The topological polar surface area (TPSA) is 75.3 Å². The summed E-state index contributed by atoms with van der Waals surface area (Å²) in [7, 11) is 1.59. The highest BCUT2D eigenvalue weighted by molar-refractivity contribution is 5.78. The monoisotopic (exact) mass is 334 g/mol. The Labute approximate surface area is 138 Å². The lowest BCUT2D eigenvalue weighted by atomic mass is 9.80. The number of hydrogen-bond donors (Lipinski definition) is 3. The van der Waals surface area contributed by atoms with Gasteiger partial charge in [0.15, 0.2) is 0 Å². The van der Waals surface area contributed by atoms with Crippen LogP contribution in [0.15, 0.2) is 0 Å². The number of nitrogens with two attached hydrogens (primary N) is 1. The van der Waals surface area contributed by atoms with Crippen LogP contribution in [0.4, 0.5) is 8.78 Å². The molecule has 1 aliphatic rings. The van der Waals surface area contributed by atoms with Crippen molar-refractivity contribution in [2.75, 3.05) is 7.05 Å². The van der Waals surface area contributed by atoms with Crippen LogP contribution in [0.3, 0.4) is 0 Å². The highest BCUT2D eigenvalue weighted by Crippen LogP contribution is 2.38. The molecular formula is C17H32F2N2O2. The van der Waals surface area contributed by atoms with E-state index in [1.807, 2.05) is 13.8 Å². The van der Waals surface area contributed by atoms with Gasteiger partial charge in [0.25, 0.3) is 0 Å². The zero-order chi connectivity index (χ0) is 17.6. The second-order valence-electron chi connectivity index (χ2n) is 7.44. The van der Waals surface area contributed by atoms with Gasteiger partial charge in [-0.15, -0.1) is 0 Å². The van der Waals surface area contributed by atoms with E-state index in [1.54, 1.807) is 7.05 Å². The van der Waals surface area contributed by atoms with Gasteiger partial charge in [0.2, 0.25) is 11.8 Å². The van der Waals surface area contributed by atoms with Crippen LogP contribution >= 0.6 is 0 Å². The highest BCUT2D eigenvalue weighted by atomic mass is 19.3. The summed E-state index contributed by atoms with van der Waals surface area (Å²) in [6.07, 6.45) is 1.51. The van der Waals surface area contributed by atoms with E-state index in [-0.39, 0.29) is 30.6 Å². The van der Waals surface area contributed by atoms with Crippen LogP contribution in [-0.2, 0) is 4.79 Å². The van der Waals surface area contributed by atoms with E-state index in [2.05, 4.69) is 5.32 Å². The van der Waals surface area contributed by atoms with Crippen molar-refractivity contribution in [3.63, 3.8) is 0 Å². The number of halogens is 2. The van der Waals surface area contributed by atoms with Gasteiger partial charge in [-0.1, -0.05) is 13.8 Å². The summed E-state index contributed by atoms with van der Waals surface area (Å²) in [5, 5.41) is 13.0. The molecule has 1 saturated carbocycles. The van der Waals surface area contributed by atoms with Crippen LogP contribution in [0, 0.1) is 17.8 Å². The van der Waals surface area contributed by atoms with Gasteiger partial charge in [0, 0.05) is 31.8 Å². The van der Waals surface area contributed by atoms with Gasteiger partial charge in [-0.25, -0.2) is 8.78 Å². The Kier molecular flexibility index (Phi) is 7.87. The van der Waals surface area contributed by atoms with Crippen molar-refractivity contribution < 1.29 is 18.7 Å². The molecule has 1 fully saturated rings. The summed E-state index contributed by atoms with van der Waals surface area (Å²) in [5.74, 6) is -2.40. The van der Waals surface area contributed by atoms with Crippen molar-refractivity contribution in [2.45, 2.75) is 76.9 Å². The lowest BCUT2D eigenvalue weighted by molar-refractivity contribution is -0.126. The summed E-state index contributed by atoms with van der Waals surface area (Å²) < 4.78 is 26.3. The quantitative estimate of drug-likeness (QED) is 0.639. The predicted molar refractivity (Wildman–Crippen MR) is 87.1 cm³/mol. The molecule has 1 aliphatic carbocycles. The van der Waals surface area contributed by atoms with Gasteiger partial charge < -0.3 is 16.2 Å². The number of amides is 1. The van der Waals surface area contributed by atoms with Crippen LogP contribution in [-0.4, -0.2) is 36.1 Å². The van der Waals surface area contributed by atoms with E-state index >= 15 is 0 Å². The van der Waals surface area contributed by atoms with Gasteiger partial charge in [-0.3, -0.25) is 4.79 Å². The number of aliphatic hydroxyl groups excluding tert-OH is 1. The second-order valence-corrected chi connectivity index (χ2v) is 7.44. The van der Waals surface area contributed by atoms with Crippen LogP contribution in [0.2, 0.25) is 0 Å². The number of rotatable bonds is 8. The highest BCUT2D eigenvalue weighted by Gasteiger charge is 2.36. The summed E-state index contributed by atoms with van der Waals surface area (Å²) in [5.41, 5.74) is 6.07. The molecule has 4 nitrogen and oxygen atoms in total. The van der Waals surface area contributed by atoms with Crippen molar-refractivity contribution in [3.8, 4) is 0 Å². The molecule has 0 saturated heterocycles. The lowest BCUT2D eigenvalue weighted by Gasteiger charge is -2.31. The van der Waals surface area contributed by atoms with Crippen LogP contribution < -0.4 is 11.1 Å². The fraction of sp³-hybridized carbons (Fsp3) is 0.941. The minimum absolute atomic E-state index is 0.0812. The first kappa shape index (κ1) is 20.3. The van der Waals surface area contributed by atoms with Crippen molar-refractivity contribution in [3.05, 3.63) is 0 Å². The molecule has 136 valence electrons. The zero-order valence-corrected chi connectivity index (χ0v) is 14.5. The molecule has 0 spiro atoms. The average molecular weight is 334 g/mol. The molecule has 0 heterocycles. The molecule has 3 atom stereocenters. The summed E-state index contributed by atoms with van der Waals surface area (Å²) in [4.78, 5) is 11.9. The van der Waals surface area contributed by atoms with E-state index in [4.69, 9.17) is 5.73 Å². The fourth-order valence-electron chi connectivity index (χ4n) is 3.43. The summed E-state index contributed by atoms with van der Waals surface area (Å²) in [6.45, 7) is 4.06. The second kappa shape index (κ2) is 8.92.